The zero-order valence-electron chi connectivity index (χ0n) is 17.1. The summed E-state index contributed by atoms with van der Waals surface area (Å²) in [5, 5.41) is 17.7. The zero-order valence-corrected chi connectivity index (χ0v) is 17.1. The molecule has 160 valence electrons. The SMILES string of the molecule is COc1cccc(Nc2ncnc(Nc3ccc(Oc4ccccc4)cc3)c2[N+](=O)[O-])c1. The molecule has 4 aromatic rings. The van der Waals surface area contributed by atoms with Crippen LogP contribution < -0.4 is 20.1 Å². The molecule has 0 fully saturated rings. The molecule has 0 radical (unpaired) electrons. The summed E-state index contributed by atoms with van der Waals surface area (Å²) in [7, 11) is 1.55. The Kier molecular flexibility index (Phi) is 6.08. The van der Waals surface area contributed by atoms with E-state index in [1.54, 1.807) is 55.6 Å². The molecule has 2 N–H and O–H groups in total. The molecular formula is C23H19N5O4. The number of hydrogen-bond donors (Lipinski definition) is 2. The fraction of sp³-hybridized carbons (Fsp3) is 0.0435. The van der Waals surface area contributed by atoms with Crippen LogP contribution in [-0.2, 0) is 0 Å². The van der Waals surface area contributed by atoms with Gasteiger partial charge in [0.25, 0.3) is 0 Å². The number of ether oxygens (including phenoxy) is 2. The predicted molar refractivity (Wildman–Crippen MR) is 121 cm³/mol. The third-order valence-corrected chi connectivity index (χ3v) is 4.43. The number of methoxy groups -OCH3 is 1. The predicted octanol–water partition coefficient (Wildman–Crippen LogP) is 5.67. The van der Waals surface area contributed by atoms with Crippen LogP contribution in [0.15, 0.2) is 85.2 Å². The first-order chi connectivity index (χ1) is 15.6. The first-order valence-electron chi connectivity index (χ1n) is 9.63. The van der Waals surface area contributed by atoms with E-state index in [0.717, 1.165) is 0 Å². The fourth-order valence-corrected chi connectivity index (χ4v) is 2.94. The molecule has 0 atom stereocenters. The van der Waals surface area contributed by atoms with E-state index in [4.69, 9.17) is 9.47 Å². The second-order valence-electron chi connectivity index (χ2n) is 6.60. The molecule has 9 heteroatoms. The first-order valence-corrected chi connectivity index (χ1v) is 9.63. The minimum Gasteiger partial charge on any atom is -0.497 e. The highest BCUT2D eigenvalue weighted by molar-refractivity contribution is 5.77. The average Bonchev–Trinajstić information content (AvgIpc) is 2.81. The van der Waals surface area contributed by atoms with Gasteiger partial charge in [-0.3, -0.25) is 10.1 Å². The van der Waals surface area contributed by atoms with Crippen LogP contribution in [-0.4, -0.2) is 22.0 Å². The molecule has 0 aliphatic heterocycles. The lowest BCUT2D eigenvalue weighted by Gasteiger charge is -2.11. The molecule has 0 aliphatic rings. The van der Waals surface area contributed by atoms with Crippen molar-refractivity contribution in [2.45, 2.75) is 0 Å². The third-order valence-electron chi connectivity index (χ3n) is 4.43. The molecule has 0 saturated heterocycles. The number of nitrogens with zero attached hydrogens (tertiary/aromatic N) is 3. The van der Waals surface area contributed by atoms with Crippen molar-refractivity contribution >= 4 is 28.7 Å². The van der Waals surface area contributed by atoms with Crippen molar-refractivity contribution in [3.63, 3.8) is 0 Å². The van der Waals surface area contributed by atoms with Gasteiger partial charge in [0.05, 0.1) is 12.0 Å². The van der Waals surface area contributed by atoms with Crippen molar-refractivity contribution in [1.29, 1.82) is 0 Å². The first kappa shape index (κ1) is 20.6. The number of aromatic nitrogens is 2. The average molecular weight is 429 g/mol. The summed E-state index contributed by atoms with van der Waals surface area (Å²) in [4.78, 5) is 19.4. The van der Waals surface area contributed by atoms with Gasteiger partial charge in [0.2, 0.25) is 11.6 Å². The Morgan fingerprint density at radius 2 is 1.41 bits per heavy atom. The van der Waals surface area contributed by atoms with Crippen LogP contribution in [0.5, 0.6) is 17.2 Å². The standard InChI is InChI=1S/C23H19N5O4/c1-31-20-9-5-6-17(14-20)27-23-21(28(29)30)22(24-15-25-23)26-16-10-12-19(13-11-16)32-18-7-3-2-4-8-18/h2-15H,1H3,(H2,24,25,26,27). The van der Waals surface area contributed by atoms with E-state index in [1.165, 1.54) is 6.33 Å². The Balaban J connectivity index is 1.55. The molecule has 1 heterocycles. The minimum atomic E-state index is -0.530. The summed E-state index contributed by atoms with van der Waals surface area (Å²) in [5.41, 5.74) is 0.930. The number of benzene rings is 3. The van der Waals surface area contributed by atoms with Crippen LogP contribution >= 0.6 is 0 Å². The van der Waals surface area contributed by atoms with Gasteiger partial charge in [0.1, 0.15) is 23.6 Å². The van der Waals surface area contributed by atoms with Gasteiger partial charge in [-0.15, -0.1) is 0 Å². The summed E-state index contributed by atoms with van der Waals surface area (Å²) in [6, 6.07) is 23.4. The molecule has 0 saturated carbocycles. The van der Waals surface area contributed by atoms with E-state index in [9.17, 15) is 10.1 Å². The molecule has 0 amide bonds. The normalized spacial score (nSPS) is 10.3. The molecule has 0 spiro atoms. The van der Waals surface area contributed by atoms with Crippen LogP contribution in [0.25, 0.3) is 0 Å². The zero-order chi connectivity index (χ0) is 22.3. The van der Waals surface area contributed by atoms with Crippen molar-refractivity contribution < 1.29 is 14.4 Å². The highest BCUT2D eigenvalue weighted by Crippen LogP contribution is 2.34. The van der Waals surface area contributed by atoms with Crippen molar-refractivity contribution in [3.8, 4) is 17.2 Å². The van der Waals surface area contributed by atoms with Gasteiger partial charge >= 0.3 is 5.69 Å². The lowest BCUT2D eigenvalue weighted by atomic mass is 10.2. The summed E-state index contributed by atoms with van der Waals surface area (Å²) in [6.07, 6.45) is 1.25. The molecule has 0 unspecified atom stereocenters. The Labute approximate surface area is 183 Å². The van der Waals surface area contributed by atoms with Gasteiger partial charge in [0.15, 0.2) is 0 Å². The molecular weight excluding hydrogens is 410 g/mol. The van der Waals surface area contributed by atoms with E-state index in [0.29, 0.717) is 28.6 Å². The van der Waals surface area contributed by atoms with Crippen LogP contribution in [0.3, 0.4) is 0 Å². The highest BCUT2D eigenvalue weighted by atomic mass is 16.6. The van der Waals surface area contributed by atoms with Crippen molar-refractivity contribution in [2.24, 2.45) is 0 Å². The van der Waals surface area contributed by atoms with E-state index in [-0.39, 0.29) is 17.3 Å². The van der Waals surface area contributed by atoms with Gasteiger partial charge in [0, 0.05) is 17.4 Å². The second kappa shape index (κ2) is 9.43. The number of nitro groups is 1. The number of para-hydroxylation sites is 1. The Hall–Kier alpha value is -4.66. The van der Waals surface area contributed by atoms with Crippen LogP contribution in [0.1, 0.15) is 0 Å². The van der Waals surface area contributed by atoms with E-state index in [2.05, 4.69) is 20.6 Å². The van der Waals surface area contributed by atoms with Gasteiger partial charge in [-0.1, -0.05) is 24.3 Å². The Morgan fingerprint density at radius 1 is 0.781 bits per heavy atom. The minimum absolute atomic E-state index is 0.0600. The summed E-state index contributed by atoms with van der Waals surface area (Å²) in [5.74, 6) is 2.09. The molecule has 3 aromatic carbocycles. The van der Waals surface area contributed by atoms with Crippen molar-refractivity contribution in [3.05, 3.63) is 95.3 Å². The summed E-state index contributed by atoms with van der Waals surface area (Å²) in [6.45, 7) is 0. The number of hydrogen-bond acceptors (Lipinski definition) is 8. The van der Waals surface area contributed by atoms with Crippen LogP contribution in [0.4, 0.5) is 28.7 Å². The van der Waals surface area contributed by atoms with E-state index < -0.39 is 4.92 Å². The number of anilines is 4. The maximum absolute atomic E-state index is 11.8. The summed E-state index contributed by atoms with van der Waals surface area (Å²) < 4.78 is 11.0. The van der Waals surface area contributed by atoms with E-state index >= 15 is 0 Å². The Bertz CT molecular complexity index is 1220. The molecule has 0 aliphatic carbocycles. The smallest absolute Gasteiger partial charge is 0.353 e. The monoisotopic (exact) mass is 429 g/mol. The molecule has 9 nitrogen and oxygen atoms in total. The Morgan fingerprint density at radius 3 is 2.06 bits per heavy atom. The molecule has 1 aromatic heterocycles. The molecule has 32 heavy (non-hydrogen) atoms. The maximum atomic E-state index is 11.8. The topological polar surface area (TPSA) is 111 Å². The quantitative estimate of drug-likeness (QED) is 0.272. The summed E-state index contributed by atoms with van der Waals surface area (Å²) >= 11 is 0. The highest BCUT2D eigenvalue weighted by Gasteiger charge is 2.23. The van der Waals surface area contributed by atoms with Gasteiger partial charge in [-0.2, -0.15) is 0 Å². The van der Waals surface area contributed by atoms with Crippen molar-refractivity contribution in [2.75, 3.05) is 17.7 Å². The van der Waals surface area contributed by atoms with Crippen molar-refractivity contribution in [1.82, 2.24) is 9.97 Å². The van der Waals surface area contributed by atoms with Gasteiger partial charge in [-0.05, 0) is 48.5 Å². The second-order valence-corrected chi connectivity index (χ2v) is 6.60. The fourth-order valence-electron chi connectivity index (χ4n) is 2.94. The maximum Gasteiger partial charge on any atom is 0.353 e. The van der Waals surface area contributed by atoms with Crippen LogP contribution in [0.2, 0.25) is 0 Å². The third kappa shape index (κ3) is 4.90. The van der Waals surface area contributed by atoms with Gasteiger partial charge < -0.3 is 20.1 Å². The lowest BCUT2D eigenvalue weighted by molar-refractivity contribution is -0.383. The lowest BCUT2D eigenvalue weighted by Crippen LogP contribution is -2.05. The number of nitrogens with one attached hydrogen (secondary N) is 2. The molecule has 4 rings (SSSR count). The van der Waals surface area contributed by atoms with Crippen LogP contribution in [0, 0.1) is 10.1 Å². The largest absolute Gasteiger partial charge is 0.497 e. The number of rotatable bonds is 8. The molecule has 0 bridgehead atoms. The van der Waals surface area contributed by atoms with Gasteiger partial charge in [-0.25, -0.2) is 9.97 Å². The van der Waals surface area contributed by atoms with E-state index in [1.807, 2.05) is 30.3 Å².